The van der Waals surface area contributed by atoms with Crippen LogP contribution in [-0.4, -0.2) is 122 Å². The van der Waals surface area contributed by atoms with Crippen LogP contribution in [0, 0.1) is 18.2 Å². The number of nitrogens with one attached hydrogen (secondary N) is 1. The number of anilines is 1. The number of ether oxygens (including phenoxy) is 3. The highest BCUT2D eigenvalue weighted by Crippen LogP contribution is 2.47. The summed E-state index contributed by atoms with van der Waals surface area (Å²) in [4.78, 5) is 48.6. The van der Waals surface area contributed by atoms with Gasteiger partial charge in [0.05, 0.1) is 35.8 Å². The molecule has 2 aromatic carbocycles. The molecule has 0 spiro atoms. The van der Waals surface area contributed by atoms with Gasteiger partial charge in [0.15, 0.2) is 5.82 Å². The lowest BCUT2D eigenvalue weighted by molar-refractivity contribution is 0.0122. The van der Waals surface area contributed by atoms with Gasteiger partial charge in [-0.25, -0.2) is 14.0 Å². The van der Waals surface area contributed by atoms with Gasteiger partial charge in [-0.2, -0.15) is 15.1 Å². The number of carbonyl (C=O) groups excluding carboxylic acids is 2. The summed E-state index contributed by atoms with van der Waals surface area (Å²) in [6.07, 6.45) is 6.39. The number of carbonyl (C=O) groups is 2. The van der Waals surface area contributed by atoms with Crippen molar-refractivity contribution in [2.75, 3.05) is 57.3 Å². The number of rotatable bonds is 9. The first-order valence-electron chi connectivity index (χ1n) is 20.3. The zero-order chi connectivity index (χ0) is 40.2. The molecule has 1 aliphatic carbocycles. The molecule has 15 heteroatoms. The third-order valence-corrected chi connectivity index (χ3v) is 12.0. The van der Waals surface area contributed by atoms with Crippen molar-refractivity contribution in [3.63, 3.8) is 0 Å². The zero-order valence-corrected chi connectivity index (χ0v) is 33.5. The average molecular weight is 792 g/mol. The van der Waals surface area contributed by atoms with Crippen molar-refractivity contribution in [2.24, 2.45) is 5.41 Å². The lowest BCUT2D eigenvalue weighted by Gasteiger charge is -2.42. The zero-order valence-electron chi connectivity index (χ0n) is 33.5. The van der Waals surface area contributed by atoms with E-state index < -0.39 is 11.4 Å². The van der Waals surface area contributed by atoms with Crippen molar-refractivity contribution in [2.45, 2.75) is 77.7 Å². The predicted octanol–water partition coefficient (Wildman–Crippen LogP) is 6.72. The number of pyridine rings is 1. The fourth-order valence-electron chi connectivity index (χ4n) is 8.75. The summed E-state index contributed by atoms with van der Waals surface area (Å²) in [5.41, 5.74) is 2.87. The number of aromatic nitrogens is 5. The molecule has 2 unspecified atom stereocenters. The first-order valence-corrected chi connectivity index (χ1v) is 20.3. The van der Waals surface area contributed by atoms with E-state index in [-0.39, 0.29) is 53.5 Å². The lowest BCUT2D eigenvalue weighted by atomic mass is 10.00. The molecule has 1 saturated carbocycles. The van der Waals surface area contributed by atoms with Crippen molar-refractivity contribution in [3.8, 4) is 17.3 Å². The van der Waals surface area contributed by atoms with Crippen molar-refractivity contribution in [1.82, 2.24) is 39.8 Å². The second kappa shape index (κ2) is 15.0. The highest BCUT2D eigenvalue weighted by molar-refractivity contribution is 5.98. The Hall–Kier alpha value is -5.57. The Balaban J connectivity index is 0.948. The van der Waals surface area contributed by atoms with E-state index in [0.717, 1.165) is 67.3 Å². The number of amides is 2. The van der Waals surface area contributed by atoms with Gasteiger partial charge in [-0.05, 0) is 70.6 Å². The second-order valence-corrected chi connectivity index (χ2v) is 17.4. The molecule has 3 aliphatic heterocycles. The molecule has 2 atom stereocenters. The first-order chi connectivity index (χ1) is 27.9. The molecule has 4 fully saturated rings. The predicted molar refractivity (Wildman–Crippen MR) is 216 cm³/mol. The minimum atomic E-state index is -0.604. The van der Waals surface area contributed by atoms with Gasteiger partial charge in [0.1, 0.15) is 29.2 Å². The Morgan fingerprint density at radius 2 is 1.67 bits per heavy atom. The van der Waals surface area contributed by atoms with Crippen LogP contribution < -0.4 is 9.64 Å². The number of nitrogens with zero attached hydrogens (tertiary/aromatic N) is 8. The first kappa shape index (κ1) is 38.0. The van der Waals surface area contributed by atoms with Gasteiger partial charge in [-0.3, -0.25) is 19.9 Å². The third kappa shape index (κ3) is 7.59. The molecule has 4 aliphatic rings. The minimum Gasteiger partial charge on any atom is -0.463 e. The molecule has 58 heavy (non-hydrogen) atoms. The van der Waals surface area contributed by atoms with Gasteiger partial charge in [0.2, 0.25) is 0 Å². The Labute approximate surface area is 336 Å². The summed E-state index contributed by atoms with van der Waals surface area (Å²) in [7, 11) is 0. The molecule has 3 aromatic heterocycles. The maximum Gasteiger partial charge on any atom is 0.410 e. The lowest BCUT2D eigenvalue weighted by Crippen LogP contribution is -2.57. The van der Waals surface area contributed by atoms with Gasteiger partial charge < -0.3 is 24.0 Å². The van der Waals surface area contributed by atoms with Crippen LogP contribution in [0.1, 0.15) is 57.6 Å². The van der Waals surface area contributed by atoms with E-state index in [1.165, 1.54) is 0 Å². The fourth-order valence-corrected chi connectivity index (χ4v) is 8.75. The Morgan fingerprint density at radius 3 is 2.38 bits per heavy atom. The normalized spacial score (nSPS) is 20.5. The van der Waals surface area contributed by atoms with Crippen LogP contribution in [0.4, 0.5) is 19.8 Å². The molecule has 2 amide bonds. The summed E-state index contributed by atoms with van der Waals surface area (Å²) < 4.78 is 34.9. The van der Waals surface area contributed by atoms with Gasteiger partial charge in [0.25, 0.3) is 0 Å². The maximum absolute atomic E-state index is 17.0. The van der Waals surface area contributed by atoms with Gasteiger partial charge in [-0.15, -0.1) is 0 Å². The molecular formula is C43H50FN9O5. The maximum atomic E-state index is 17.0. The molecule has 1 N–H and O–H groups in total. The monoisotopic (exact) mass is 791 g/mol. The number of H-pyrrole nitrogens is 1. The van der Waals surface area contributed by atoms with Crippen LogP contribution in [-0.2, 0) is 16.1 Å². The largest absolute Gasteiger partial charge is 0.463 e. The van der Waals surface area contributed by atoms with Crippen LogP contribution >= 0.6 is 0 Å². The van der Waals surface area contributed by atoms with Crippen LogP contribution in [0.3, 0.4) is 0 Å². The van der Waals surface area contributed by atoms with E-state index in [4.69, 9.17) is 29.2 Å². The van der Waals surface area contributed by atoms with Crippen LogP contribution in [0.25, 0.3) is 33.1 Å². The number of aromatic amines is 1. The number of halogens is 1. The smallest absolute Gasteiger partial charge is 0.410 e. The minimum absolute atomic E-state index is 0.0812. The topological polar surface area (TPSA) is 142 Å². The molecule has 6 heterocycles. The number of fused-ring (bicyclic) bond motifs is 4. The summed E-state index contributed by atoms with van der Waals surface area (Å²) in [5.74, 6) is -0.0171. The highest BCUT2D eigenvalue weighted by atomic mass is 19.1. The van der Waals surface area contributed by atoms with Crippen LogP contribution in [0.15, 0.2) is 54.9 Å². The molecule has 2 bridgehead atoms. The van der Waals surface area contributed by atoms with E-state index in [2.05, 4.69) is 20.0 Å². The third-order valence-electron chi connectivity index (χ3n) is 12.0. The average Bonchev–Trinajstić information content (AvgIpc) is 3.70. The van der Waals surface area contributed by atoms with Crippen molar-refractivity contribution in [1.29, 1.82) is 0 Å². The number of hydrogen-bond donors (Lipinski definition) is 1. The summed E-state index contributed by atoms with van der Waals surface area (Å²) in [5, 5.41) is 8.44. The fraction of sp³-hybridized carbons (Fsp3) is 0.488. The van der Waals surface area contributed by atoms with E-state index >= 15 is 4.39 Å². The number of benzene rings is 2. The Kier molecular flexibility index (Phi) is 9.81. The van der Waals surface area contributed by atoms with E-state index in [1.54, 1.807) is 17.3 Å². The number of piperazine rings is 2. The highest BCUT2D eigenvalue weighted by Gasteiger charge is 2.47. The SMILES string of the molecule is Cc1ccc2[nH]ncc2c1-c1ncc2c(N3CC4CCC(C3)N4C(=O)OC(C)(C)C)nc(OCC3(CN4CCN(C(=O)OCc5ccccc5)CC4)CC3)nc2c1F. The van der Waals surface area contributed by atoms with Gasteiger partial charge >= 0.3 is 18.2 Å². The second-order valence-electron chi connectivity index (χ2n) is 17.4. The van der Waals surface area contributed by atoms with E-state index in [9.17, 15) is 9.59 Å². The molecule has 0 radical (unpaired) electrons. The quantitative estimate of drug-likeness (QED) is 0.170. The molecule has 304 valence electrons. The summed E-state index contributed by atoms with van der Waals surface area (Å²) in [6, 6.07) is 13.5. The van der Waals surface area contributed by atoms with Crippen molar-refractivity contribution in [3.05, 3.63) is 71.8 Å². The molecule has 14 nitrogen and oxygen atoms in total. The summed E-state index contributed by atoms with van der Waals surface area (Å²) >= 11 is 0. The molecule has 9 rings (SSSR count). The van der Waals surface area contributed by atoms with Gasteiger partial charge in [-0.1, -0.05) is 36.4 Å². The molecule has 3 saturated heterocycles. The van der Waals surface area contributed by atoms with Gasteiger partial charge in [0, 0.05) is 68.4 Å². The van der Waals surface area contributed by atoms with Crippen LogP contribution in [0.5, 0.6) is 6.01 Å². The summed E-state index contributed by atoms with van der Waals surface area (Å²) in [6.45, 7) is 12.7. The van der Waals surface area contributed by atoms with Crippen molar-refractivity contribution < 1.29 is 28.2 Å². The molecular weight excluding hydrogens is 742 g/mol. The Bertz CT molecular complexity index is 2320. The standard InChI is InChI=1S/C43H50FN9O5/c1-27-10-13-33-31(21-46-49-33)34(27)37-35(44)36-32(20-45-37)38(52-22-29-11-12-30(23-52)53(29)41(55)58-42(2,3)4)48-39(47-36)57-26-43(14-15-43)25-50-16-18-51(19-17-50)40(54)56-24-28-8-6-5-7-9-28/h5-10,13,20-21,29-30H,11-12,14-19,22-26H2,1-4H3,(H,46,49). The number of aryl methyl sites for hydroxylation is 1. The van der Waals surface area contributed by atoms with E-state index in [1.807, 2.05) is 75.1 Å². The van der Waals surface area contributed by atoms with Crippen LogP contribution in [0.2, 0.25) is 0 Å². The number of hydrogen-bond acceptors (Lipinski definition) is 11. The Morgan fingerprint density at radius 1 is 0.931 bits per heavy atom. The van der Waals surface area contributed by atoms with E-state index in [0.29, 0.717) is 49.6 Å². The molecule has 5 aromatic rings. The van der Waals surface area contributed by atoms with Crippen molar-refractivity contribution >= 4 is 39.8 Å².